The third-order valence-corrected chi connectivity index (χ3v) is 6.01. The molecule has 0 saturated carbocycles. The number of aromatic nitrogens is 2. The molecule has 0 aromatic carbocycles. The summed E-state index contributed by atoms with van der Waals surface area (Å²) >= 11 is 2.00. The second-order valence-electron chi connectivity index (χ2n) is 6.37. The zero-order chi connectivity index (χ0) is 15.0. The Morgan fingerprint density at radius 3 is 2.71 bits per heavy atom. The third kappa shape index (κ3) is 2.78. The molecule has 1 atom stereocenters. The Balaban J connectivity index is 1.81. The van der Waals surface area contributed by atoms with Gasteiger partial charge in [0.1, 0.15) is 0 Å². The largest absolute Gasteiger partial charge is 0.375 e. The molecule has 2 fully saturated rings. The van der Waals surface area contributed by atoms with Crippen LogP contribution in [-0.2, 0) is 11.8 Å². The molecule has 0 N–H and O–H groups in total. The summed E-state index contributed by atoms with van der Waals surface area (Å²) in [4.78, 5) is 13.0. The highest BCUT2D eigenvalue weighted by molar-refractivity contribution is 7.99. The number of hydrogen-bond donors (Lipinski definition) is 0. The number of ether oxygens (including phenoxy) is 1. The van der Waals surface area contributed by atoms with Crippen LogP contribution in [0.15, 0.2) is 0 Å². The molecule has 0 aliphatic carbocycles. The van der Waals surface area contributed by atoms with Gasteiger partial charge in [0, 0.05) is 25.3 Å². The number of carbonyl (C=O) groups excluding carboxylic acids is 1. The average molecular weight is 308 g/mol. The highest BCUT2D eigenvalue weighted by Crippen LogP contribution is 2.41. The van der Waals surface area contributed by atoms with Gasteiger partial charge in [-0.05, 0) is 51.0 Å². The topological polar surface area (TPSA) is 44.1 Å². The molecule has 0 radical (unpaired) electrons. The van der Waals surface area contributed by atoms with Crippen molar-refractivity contribution in [3.8, 4) is 0 Å². The number of Topliss-reactive ketones (excluding diaryl/α,β-unsaturated/α-hetero) is 1. The fraction of sp³-hybridized carbons (Fsp3) is 0.750. The Labute approximate surface area is 130 Å². The number of aryl methyl sites for hydroxylation is 2. The van der Waals surface area contributed by atoms with E-state index in [1.165, 1.54) is 0 Å². The van der Waals surface area contributed by atoms with Crippen molar-refractivity contribution in [3.63, 3.8) is 0 Å². The van der Waals surface area contributed by atoms with Crippen molar-refractivity contribution >= 4 is 17.5 Å². The predicted octanol–water partition coefficient (Wildman–Crippen LogP) is 2.91. The second-order valence-corrected chi connectivity index (χ2v) is 7.59. The first-order valence-electron chi connectivity index (χ1n) is 7.78. The van der Waals surface area contributed by atoms with Crippen LogP contribution >= 0.6 is 11.8 Å². The molecule has 1 aromatic heterocycles. The zero-order valence-electron chi connectivity index (χ0n) is 13.1. The Morgan fingerprint density at radius 2 is 2.10 bits per heavy atom. The van der Waals surface area contributed by atoms with Crippen LogP contribution in [0, 0.1) is 19.8 Å². The number of hydrogen-bond acceptors (Lipinski definition) is 4. The zero-order valence-corrected chi connectivity index (χ0v) is 14.0. The average Bonchev–Trinajstić information content (AvgIpc) is 2.72. The first kappa shape index (κ1) is 15.1. The molecule has 2 aliphatic rings. The molecule has 116 valence electrons. The maximum absolute atomic E-state index is 13.0. The van der Waals surface area contributed by atoms with Gasteiger partial charge in [0.05, 0.1) is 16.9 Å². The number of carbonyl (C=O) groups is 1. The molecule has 2 aliphatic heterocycles. The lowest BCUT2D eigenvalue weighted by Gasteiger charge is -2.42. The molecule has 21 heavy (non-hydrogen) atoms. The summed E-state index contributed by atoms with van der Waals surface area (Å²) in [5, 5.41) is 4.39. The van der Waals surface area contributed by atoms with Crippen molar-refractivity contribution in [1.82, 2.24) is 9.78 Å². The number of ketones is 1. The van der Waals surface area contributed by atoms with Crippen LogP contribution in [0.25, 0.3) is 0 Å². The van der Waals surface area contributed by atoms with E-state index in [-0.39, 0.29) is 17.3 Å². The molecule has 1 spiro atoms. The normalized spacial score (nSPS) is 25.2. The molecule has 1 aromatic rings. The van der Waals surface area contributed by atoms with Crippen LogP contribution in [0.5, 0.6) is 0 Å². The molecule has 4 nitrogen and oxygen atoms in total. The van der Waals surface area contributed by atoms with Gasteiger partial charge in [0.15, 0.2) is 5.78 Å². The van der Waals surface area contributed by atoms with E-state index in [4.69, 9.17) is 4.74 Å². The van der Waals surface area contributed by atoms with E-state index in [0.717, 1.165) is 60.7 Å². The summed E-state index contributed by atoms with van der Waals surface area (Å²) in [6.45, 7) is 4.64. The van der Waals surface area contributed by atoms with Crippen molar-refractivity contribution < 1.29 is 9.53 Å². The SMILES string of the molecule is Cc1nn(C)c(C)c1C(=O)C1CCOC2(CCSCC2)C1. The Hall–Kier alpha value is -0.810. The van der Waals surface area contributed by atoms with E-state index in [2.05, 4.69) is 5.10 Å². The van der Waals surface area contributed by atoms with Crippen LogP contribution in [-0.4, -0.2) is 39.3 Å². The minimum Gasteiger partial charge on any atom is -0.375 e. The molecule has 5 heteroatoms. The van der Waals surface area contributed by atoms with E-state index in [1.807, 2.05) is 37.3 Å². The molecular weight excluding hydrogens is 284 g/mol. The summed E-state index contributed by atoms with van der Waals surface area (Å²) < 4.78 is 7.92. The third-order valence-electron chi connectivity index (χ3n) is 5.02. The van der Waals surface area contributed by atoms with Crippen LogP contribution in [0.1, 0.15) is 47.4 Å². The maximum atomic E-state index is 13.0. The van der Waals surface area contributed by atoms with Gasteiger partial charge in [-0.2, -0.15) is 16.9 Å². The summed E-state index contributed by atoms with van der Waals surface area (Å²) in [6.07, 6.45) is 3.92. The van der Waals surface area contributed by atoms with Crippen molar-refractivity contribution in [2.24, 2.45) is 13.0 Å². The van der Waals surface area contributed by atoms with E-state index < -0.39 is 0 Å². The first-order chi connectivity index (χ1) is 10.0. The molecule has 2 saturated heterocycles. The van der Waals surface area contributed by atoms with Gasteiger partial charge >= 0.3 is 0 Å². The van der Waals surface area contributed by atoms with Crippen molar-refractivity contribution in [2.75, 3.05) is 18.1 Å². The van der Waals surface area contributed by atoms with Crippen LogP contribution < -0.4 is 0 Å². The van der Waals surface area contributed by atoms with E-state index in [9.17, 15) is 4.79 Å². The lowest BCUT2D eigenvalue weighted by atomic mass is 9.78. The van der Waals surface area contributed by atoms with Gasteiger partial charge in [-0.15, -0.1) is 0 Å². The molecule has 0 bridgehead atoms. The number of rotatable bonds is 2. The molecule has 3 heterocycles. The van der Waals surface area contributed by atoms with E-state index in [1.54, 1.807) is 0 Å². The van der Waals surface area contributed by atoms with Gasteiger partial charge in [-0.25, -0.2) is 0 Å². The molecular formula is C16H24N2O2S. The van der Waals surface area contributed by atoms with E-state index >= 15 is 0 Å². The van der Waals surface area contributed by atoms with Gasteiger partial charge in [-0.1, -0.05) is 0 Å². The maximum Gasteiger partial charge on any atom is 0.169 e. The van der Waals surface area contributed by atoms with Crippen molar-refractivity contribution in [3.05, 3.63) is 17.0 Å². The van der Waals surface area contributed by atoms with Crippen molar-refractivity contribution in [1.29, 1.82) is 0 Å². The van der Waals surface area contributed by atoms with Crippen LogP contribution in [0.4, 0.5) is 0 Å². The molecule has 0 amide bonds. The Kier molecular flexibility index (Phi) is 4.14. The Bertz CT molecular complexity index is 541. The second kappa shape index (κ2) is 5.76. The number of nitrogens with zero attached hydrogens (tertiary/aromatic N) is 2. The summed E-state index contributed by atoms with van der Waals surface area (Å²) in [5.74, 6) is 2.69. The standard InChI is InChI=1S/C16H24N2O2S/c1-11-14(12(2)18(3)17-11)15(19)13-4-7-20-16(10-13)5-8-21-9-6-16/h13H,4-10H2,1-3H3. The first-order valence-corrected chi connectivity index (χ1v) is 8.94. The molecule has 1 unspecified atom stereocenters. The summed E-state index contributed by atoms with van der Waals surface area (Å²) in [7, 11) is 1.91. The Morgan fingerprint density at radius 1 is 1.38 bits per heavy atom. The van der Waals surface area contributed by atoms with Crippen LogP contribution in [0.3, 0.4) is 0 Å². The summed E-state index contributed by atoms with van der Waals surface area (Å²) in [5.41, 5.74) is 2.65. The lowest BCUT2D eigenvalue weighted by Crippen LogP contribution is -2.44. The van der Waals surface area contributed by atoms with Crippen molar-refractivity contribution in [2.45, 2.75) is 45.1 Å². The van der Waals surface area contributed by atoms with Gasteiger partial charge in [0.25, 0.3) is 0 Å². The molecule has 3 rings (SSSR count). The number of thioether (sulfide) groups is 1. The van der Waals surface area contributed by atoms with E-state index in [0.29, 0.717) is 0 Å². The van der Waals surface area contributed by atoms with Gasteiger partial charge < -0.3 is 4.74 Å². The van der Waals surface area contributed by atoms with Gasteiger partial charge in [-0.3, -0.25) is 9.48 Å². The smallest absolute Gasteiger partial charge is 0.169 e. The lowest BCUT2D eigenvalue weighted by molar-refractivity contribution is -0.0959. The fourth-order valence-electron chi connectivity index (χ4n) is 3.68. The highest BCUT2D eigenvalue weighted by atomic mass is 32.2. The minimum atomic E-state index is -0.0339. The minimum absolute atomic E-state index is 0.0339. The van der Waals surface area contributed by atoms with Gasteiger partial charge in [0.2, 0.25) is 0 Å². The summed E-state index contributed by atoms with van der Waals surface area (Å²) in [6, 6.07) is 0. The monoisotopic (exact) mass is 308 g/mol. The van der Waals surface area contributed by atoms with Crippen LogP contribution in [0.2, 0.25) is 0 Å². The highest BCUT2D eigenvalue weighted by Gasteiger charge is 2.41. The fourth-order valence-corrected chi connectivity index (χ4v) is 4.91. The predicted molar refractivity (Wildman–Crippen MR) is 85.0 cm³/mol. The quantitative estimate of drug-likeness (QED) is 0.788.